The fraction of sp³-hybridized carbons (Fsp3) is 0.250. The van der Waals surface area contributed by atoms with Crippen LogP contribution in [0.25, 0.3) is 11.5 Å². The summed E-state index contributed by atoms with van der Waals surface area (Å²) in [6.45, 7) is 0. The van der Waals surface area contributed by atoms with Gasteiger partial charge in [0.1, 0.15) is 10.8 Å². The minimum atomic E-state index is 0.434. The smallest absolute Gasteiger partial charge is 0.181 e. The lowest BCUT2D eigenvalue weighted by molar-refractivity contribution is 0.972. The van der Waals surface area contributed by atoms with Crippen molar-refractivity contribution >= 4 is 59.4 Å². The average molecular weight is 468 g/mol. The lowest BCUT2D eigenvalue weighted by Gasteiger charge is -2.08. The van der Waals surface area contributed by atoms with Crippen LogP contribution >= 0.6 is 59.4 Å². The first kappa shape index (κ1) is 13.9. The van der Waals surface area contributed by atoms with Gasteiger partial charge in [0.25, 0.3) is 0 Å². The number of aromatic nitrogens is 3. The largest absolute Gasteiger partial charge is 0.251 e. The Labute approximate surface area is 140 Å². The molecule has 0 atom stereocenters. The third-order valence-corrected chi connectivity index (χ3v) is 5.14. The van der Waals surface area contributed by atoms with Gasteiger partial charge in [0, 0.05) is 21.1 Å². The van der Waals surface area contributed by atoms with Crippen molar-refractivity contribution in [1.29, 1.82) is 0 Å². The standard InChI is InChI=1S/C12H7Br3ClN3/c13-6-3-7(14)10(17-4-6)12-18-9(5-1-2-5)8(15)11(16)19-12/h3-5H,1-2H2. The summed E-state index contributed by atoms with van der Waals surface area (Å²) in [6.07, 6.45) is 4.02. The molecular formula is C12H7Br3ClN3. The summed E-state index contributed by atoms with van der Waals surface area (Å²) in [5, 5.41) is 0.434. The van der Waals surface area contributed by atoms with Crippen molar-refractivity contribution in [3.63, 3.8) is 0 Å². The highest BCUT2D eigenvalue weighted by Gasteiger charge is 2.29. The van der Waals surface area contributed by atoms with Crippen LogP contribution in [0.3, 0.4) is 0 Å². The van der Waals surface area contributed by atoms with Crippen LogP contribution in [0.1, 0.15) is 24.5 Å². The minimum absolute atomic E-state index is 0.434. The van der Waals surface area contributed by atoms with E-state index >= 15 is 0 Å². The number of hydrogen-bond donors (Lipinski definition) is 0. The van der Waals surface area contributed by atoms with Gasteiger partial charge in [-0.05, 0) is 66.7 Å². The molecule has 0 radical (unpaired) electrons. The summed E-state index contributed by atoms with van der Waals surface area (Å²) in [7, 11) is 0. The molecule has 0 aliphatic heterocycles. The molecule has 1 fully saturated rings. The van der Waals surface area contributed by atoms with Crippen LogP contribution in [0, 0.1) is 0 Å². The monoisotopic (exact) mass is 465 g/mol. The Morgan fingerprint density at radius 2 is 1.89 bits per heavy atom. The molecule has 0 bridgehead atoms. The van der Waals surface area contributed by atoms with Gasteiger partial charge in [0.05, 0.1) is 10.2 Å². The Morgan fingerprint density at radius 3 is 2.53 bits per heavy atom. The molecule has 3 nitrogen and oxygen atoms in total. The molecule has 7 heteroatoms. The van der Waals surface area contributed by atoms with E-state index in [1.165, 1.54) is 0 Å². The molecule has 0 aromatic carbocycles. The zero-order valence-electron chi connectivity index (χ0n) is 9.50. The molecular weight excluding hydrogens is 461 g/mol. The summed E-state index contributed by atoms with van der Waals surface area (Å²) < 4.78 is 2.53. The van der Waals surface area contributed by atoms with Crippen LogP contribution in [-0.2, 0) is 0 Å². The molecule has 0 N–H and O–H groups in total. The number of hydrogen-bond acceptors (Lipinski definition) is 3. The zero-order valence-corrected chi connectivity index (χ0v) is 15.0. The molecule has 19 heavy (non-hydrogen) atoms. The molecule has 1 aliphatic rings. The summed E-state index contributed by atoms with van der Waals surface area (Å²) >= 11 is 16.5. The van der Waals surface area contributed by atoms with Gasteiger partial charge in [0.15, 0.2) is 5.82 Å². The predicted molar refractivity (Wildman–Crippen MR) is 85.3 cm³/mol. The van der Waals surface area contributed by atoms with E-state index in [-0.39, 0.29) is 0 Å². The van der Waals surface area contributed by atoms with E-state index in [9.17, 15) is 0 Å². The van der Waals surface area contributed by atoms with Crippen LogP contribution in [0.15, 0.2) is 25.7 Å². The zero-order chi connectivity index (χ0) is 13.6. The maximum absolute atomic E-state index is 6.17. The van der Waals surface area contributed by atoms with E-state index in [1.807, 2.05) is 6.07 Å². The van der Waals surface area contributed by atoms with E-state index in [0.717, 1.165) is 32.0 Å². The Bertz CT molecular complexity index is 659. The van der Waals surface area contributed by atoms with E-state index in [0.29, 0.717) is 22.6 Å². The third kappa shape index (κ3) is 2.86. The molecule has 0 unspecified atom stereocenters. The second-order valence-electron chi connectivity index (χ2n) is 4.30. The first-order valence-electron chi connectivity index (χ1n) is 5.60. The lowest BCUT2D eigenvalue weighted by atomic mass is 10.2. The Morgan fingerprint density at radius 1 is 1.16 bits per heavy atom. The van der Waals surface area contributed by atoms with Gasteiger partial charge in [0.2, 0.25) is 0 Å². The van der Waals surface area contributed by atoms with Crippen molar-refractivity contribution < 1.29 is 0 Å². The van der Waals surface area contributed by atoms with E-state index in [1.54, 1.807) is 6.20 Å². The molecule has 0 amide bonds. The summed E-state index contributed by atoms with van der Waals surface area (Å²) in [6, 6.07) is 1.92. The molecule has 2 heterocycles. The first-order valence-corrected chi connectivity index (χ1v) is 8.36. The van der Waals surface area contributed by atoms with Crippen LogP contribution in [0.4, 0.5) is 0 Å². The number of nitrogens with zero attached hydrogens (tertiary/aromatic N) is 3. The predicted octanol–water partition coefficient (Wildman–Crippen LogP) is 5.36. The molecule has 1 aliphatic carbocycles. The second kappa shape index (κ2) is 5.39. The van der Waals surface area contributed by atoms with Crippen molar-refractivity contribution in [2.24, 2.45) is 0 Å². The molecule has 2 aromatic rings. The molecule has 1 saturated carbocycles. The van der Waals surface area contributed by atoms with Gasteiger partial charge < -0.3 is 0 Å². The Kier molecular flexibility index (Phi) is 3.95. The maximum atomic E-state index is 6.17. The highest BCUT2D eigenvalue weighted by atomic mass is 79.9. The molecule has 0 spiro atoms. The Hall–Kier alpha value is -0.0400. The number of pyridine rings is 1. The fourth-order valence-electron chi connectivity index (χ4n) is 1.75. The Balaban J connectivity index is 2.14. The topological polar surface area (TPSA) is 38.7 Å². The van der Waals surface area contributed by atoms with Gasteiger partial charge in [-0.25, -0.2) is 9.97 Å². The quantitative estimate of drug-likeness (QED) is 0.558. The van der Waals surface area contributed by atoms with Gasteiger partial charge >= 0.3 is 0 Å². The minimum Gasteiger partial charge on any atom is -0.251 e. The van der Waals surface area contributed by atoms with Crippen LogP contribution in [0.2, 0.25) is 5.15 Å². The SMILES string of the molecule is Clc1nc(-c2ncc(Br)cc2Br)nc(C2CC2)c1Br. The lowest BCUT2D eigenvalue weighted by Crippen LogP contribution is -1.99. The van der Waals surface area contributed by atoms with E-state index < -0.39 is 0 Å². The van der Waals surface area contributed by atoms with Crippen molar-refractivity contribution in [1.82, 2.24) is 15.0 Å². The van der Waals surface area contributed by atoms with Crippen LogP contribution in [-0.4, -0.2) is 15.0 Å². The van der Waals surface area contributed by atoms with Crippen molar-refractivity contribution in [3.8, 4) is 11.5 Å². The normalized spacial score (nSPS) is 14.7. The summed E-state index contributed by atoms with van der Waals surface area (Å²) in [5.74, 6) is 1.04. The maximum Gasteiger partial charge on any atom is 0.181 e. The molecule has 3 rings (SSSR count). The van der Waals surface area contributed by atoms with Crippen LogP contribution < -0.4 is 0 Å². The average Bonchev–Trinajstić information content (AvgIpc) is 3.17. The van der Waals surface area contributed by atoms with Gasteiger partial charge in [-0.2, -0.15) is 0 Å². The third-order valence-electron chi connectivity index (χ3n) is 2.82. The van der Waals surface area contributed by atoms with Crippen LogP contribution in [0.5, 0.6) is 0 Å². The summed E-state index contributed by atoms with van der Waals surface area (Å²) in [4.78, 5) is 13.3. The first-order chi connectivity index (χ1) is 9.06. The van der Waals surface area contributed by atoms with Crippen molar-refractivity contribution in [2.75, 3.05) is 0 Å². The van der Waals surface area contributed by atoms with E-state index in [2.05, 4.69) is 62.7 Å². The van der Waals surface area contributed by atoms with Gasteiger partial charge in [-0.1, -0.05) is 11.6 Å². The summed E-state index contributed by atoms with van der Waals surface area (Å²) in [5.41, 5.74) is 1.67. The van der Waals surface area contributed by atoms with Gasteiger partial charge in [-0.15, -0.1) is 0 Å². The van der Waals surface area contributed by atoms with Crippen molar-refractivity contribution in [2.45, 2.75) is 18.8 Å². The van der Waals surface area contributed by atoms with E-state index in [4.69, 9.17) is 11.6 Å². The van der Waals surface area contributed by atoms with Crippen molar-refractivity contribution in [3.05, 3.63) is 36.5 Å². The van der Waals surface area contributed by atoms with Gasteiger partial charge in [-0.3, -0.25) is 4.98 Å². The highest BCUT2D eigenvalue weighted by molar-refractivity contribution is 9.11. The number of rotatable bonds is 2. The molecule has 2 aromatic heterocycles. The molecule has 98 valence electrons. The molecule has 0 saturated heterocycles. The number of halogens is 4. The highest BCUT2D eigenvalue weighted by Crippen LogP contribution is 2.44. The fourth-order valence-corrected chi connectivity index (χ4v) is 3.59. The second-order valence-corrected chi connectivity index (χ2v) is 7.22.